The van der Waals surface area contributed by atoms with Crippen molar-refractivity contribution in [3.63, 3.8) is 0 Å². The van der Waals surface area contributed by atoms with E-state index in [-0.39, 0.29) is 30.3 Å². The zero-order valence-electron chi connectivity index (χ0n) is 10.7. The Morgan fingerprint density at radius 1 is 1.44 bits per heavy atom. The van der Waals surface area contributed by atoms with Gasteiger partial charge in [-0.15, -0.1) is 12.4 Å². The first kappa shape index (κ1) is 15.0. The molecule has 0 aromatic heterocycles. The first-order chi connectivity index (χ1) is 8.20. The van der Waals surface area contributed by atoms with Crippen LogP contribution < -0.4 is 11.1 Å². The summed E-state index contributed by atoms with van der Waals surface area (Å²) < 4.78 is 0. The number of rotatable bonds is 3. The van der Waals surface area contributed by atoms with Crippen LogP contribution in [0.1, 0.15) is 24.5 Å². The molecule has 1 aliphatic rings. The molecule has 0 aliphatic heterocycles. The molecule has 3 nitrogen and oxygen atoms in total. The van der Waals surface area contributed by atoms with Gasteiger partial charge in [0.1, 0.15) is 0 Å². The second kappa shape index (κ2) is 6.76. The highest BCUT2D eigenvalue weighted by molar-refractivity contribution is 5.85. The summed E-state index contributed by atoms with van der Waals surface area (Å²) in [5.41, 5.74) is 8.28. The Hall–Kier alpha value is -1.06. The van der Waals surface area contributed by atoms with E-state index in [4.69, 9.17) is 5.73 Å². The summed E-state index contributed by atoms with van der Waals surface area (Å²) in [7, 11) is 0. The lowest BCUT2D eigenvalue weighted by Gasteiger charge is -2.26. The number of hydrogen-bond acceptors (Lipinski definition) is 2. The maximum Gasteiger partial charge on any atom is 0.224 e. The predicted molar refractivity (Wildman–Crippen MR) is 75.9 cm³/mol. The lowest BCUT2D eigenvalue weighted by molar-refractivity contribution is -0.125. The molecular formula is C14H21ClN2O. The van der Waals surface area contributed by atoms with E-state index < -0.39 is 0 Å². The van der Waals surface area contributed by atoms with Gasteiger partial charge < -0.3 is 11.1 Å². The Bertz CT molecular complexity index is 409. The summed E-state index contributed by atoms with van der Waals surface area (Å²) in [6.07, 6.45) is 3.03. The predicted octanol–water partition coefficient (Wildman–Crippen LogP) is 1.68. The minimum absolute atomic E-state index is 0. The molecule has 0 spiro atoms. The average molecular weight is 269 g/mol. The number of fused-ring (bicyclic) bond motifs is 1. The maximum absolute atomic E-state index is 11.8. The van der Waals surface area contributed by atoms with Gasteiger partial charge in [0.05, 0.1) is 0 Å². The monoisotopic (exact) mass is 268 g/mol. The Labute approximate surface area is 115 Å². The van der Waals surface area contributed by atoms with Gasteiger partial charge in [-0.05, 0) is 30.4 Å². The van der Waals surface area contributed by atoms with Gasteiger partial charge in [0.15, 0.2) is 0 Å². The van der Waals surface area contributed by atoms with Gasteiger partial charge in [0.2, 0.25) is 5.91 Å². The number of nitrogens with one attached hydrogen (secondary N) is 1. The molecule has 1 aromatic rings. The maximum atomic E-state index is 11.8. The number of aryl methyl sites for hydroxylation is 1. The standard InChI is InChI=1S/C14H20N2O.ClH/c1-10(9-15)14(17)16-13-7-6-11-4-2-3-5-12(11)8-13;/h2-5,10,13H,6-9,15H2,1H3,(H,16,17);1H. The highest BCUT2D eigenvalue weighted by Crippen LogP contribution is 2.21. The van der Waals surface area contributed by atoms with Crippen LogP contribution in [0.2, 0.25) is 0 Å². The van der Waals surface area contributed by atoms with Crippen molar-refractivity contribution in [2.45, 2.75) is 32.2 Å². The lowest BCUT2D eigenvalue weighted by Crippen LogP contribution is -2.42. The van der Waals surface area contributed by atoms with E-state index in [1.807, 2.05) is 6.92 Å². The molecule has 1 aromatic carbocycles. The molecule has 2 unspecified atom stereocenters. The molecule has 1 amide bonds. The third-order valence-corrected chi connectivity index (χ3v) is 3.49. The van der Waals surface area contributed by atoms with Crippen LogP contribution in [0, 0.1) is 5.92 Å². The molecule has 0 bridgehead atoms. The number of nitrogens with two attached hydrogens (primary N) is 1. The fraction of sp³-hybridized carbons (Fsp3) is 0.500. The Morgan fingerprint density at radius 3 is 2.78 bits per heavy atom. The number of benzene rings is 1. The van der Waals surface area contributed by atoms with Gasteiger partial charge in [-0.2, -0.15) is 0 Å². The van der Waals surface area contributed by atoms with E-state index in [1.54, 1.807) is 0 Å². The zero-order chi connectivity index (χ0) is 12.3. The number of halogens is 1. The van der Waals surface area contributed by atoms with Gasteiger partial charge in [-0.1, -0.05) is 31.2 Å². The van der Waals surface area contributed by atoms with E-state index in [1.165, 1.54) is 11.1 Å². The van der Waals surface area contributed by atoms with Crippen molar-refractivity contribution in [1.29, 1.82) is 0 Å². The molecule has 0 saturated carbocycles. The topological polar surface area (TPSA) is 55.1 Å². The van der Waals surface area contributed by atoms with Gasteiger partial charge in [-0.3, -0.25) is 4.79 Å². The van der Waals surface area contributed by atoms with Gasteiger partial charge >= 0.3 is 0 Å². The second-order valence-corrected chi connectivity index (χ2v) is 4.85. The van der Waals surface area contributed by atoms with Crippen molar-refractivity contribution in [3.8, 4) is 0 Å². The quantitative estimate of drug-likeness (QED) is 0.876. The van der Waals surface area contributed by atoms with E-state index >= 15 is 0 Å². The van der Waals surface area contributed by atoms with Crippen molar-refractivity contribution in [2.24, 2.45) is 11.7 Å². The first-order valence-electron chi connectivity index (χ1n) is 6.28. The Morgan fingerprint density at radius 2 is 2.11 bits per heavy atom. The lowest BCUT2D eigenvalue weighted by atomic mass is 9.88. The summed E-state index contributed by atoms with van der Waals surface area (Å²) in [5.74, 6) is -0.0101. The van der Waals surface area contributed by atoms with Crippen molar-refractivity contribution in [3.05, 3.63) is 35.4 Å². The fourth-order valence-electron chi connectivity index (χ4n) is 2.27. The highest BCUT2D eigenvalue weighted by atomic mass is 35.5. The van der Waals surface area contributed by atoms with Crippen LogP contribution in [0.5, 0.6) is 0 Å². The summed E-state index contributed by atoms with van der Waals surface area (Å²) >= 11 is 0. The molecule has 3 N–H and O–H groups in total. The smallest absolute Gasteiger partial charge is 0.224 e. The zero-order valence-corrected chi connectivity index (χ0v) is 11.5. The summed E-state index contributed by atoms with van der Waals surface area (Å²) in [6.45, 7) is 2.28. The largest absolute Gasteiger partial charge is 0.353 e. The summed E-state index contributed by atoms with van der Waals surface area (Å²) in [6, 6.07) is 8.74. The van der Waals surface area contributed by atoms with Crippen LogP contribution in [0.25, 0.3) is 0 Å². The van der Waals surface area contributed by atoms with Crippen molar-refractivity contribution in [2.75, 3.05) is 6.54 Å². The first-order valence-corrected chi connectivity index (χ1v) is 6.28. The van der Waals surface area contributed by atoms with Crippen molar-refractivity contribution >= 4 is 18.3 Å². The minimum atomic E-state index is -0.0906. The third-order valence-electron chi connectivity index (χ3n) is 3.49. The molecule has 0 saturated heterocycles. The summed E-state index contributed by atoms with van der Waals surface area (Å²) in [4.78, 5) is 11.8. The fourth-order valence-corrected chi connectivity index (χ4v) is 2.27. The molecule has 4 heteroatoms. The second-order valence-electron chi connectivity index (χ2n) is 4.85. The summed E-state index contributed by atoms with van der Waals surface area (Å²) in [5, 5.41) is 3.09. The van der Waals surface area contributed by atoms with Crippen LogP contribution in [0.4, 0.5) is 0 Å². The van der Waals surface area contributed by atoms with E-state index in [0.717, 1.165) is 19.3 Å². The van der Waals surface area contributed by atoms with Crippen molar-refractivity contribution < 1.29 is 4.79 Å². The van der Waals surface area contributed by atoms with Crippen LogP contribution in [0.3, 0.4) is 0 Å². The van der Waals surface area contributed by atoms with Gasteiger partial charge in [0, 0.05) is 18.5 Å². The van der Waals surface area contributed by atoms with Crippen LogP contribution in [-0.4, -0.2) is 18.5 Å². The van der Waals surface area contributed by atoms with Crippen molar-refractivity contribution in [1.82, 2.24) is 5.32 Å². The molecule has 0 heterocycles. The molecule has 0 fully saturated rings. The Balaban J connectivity index is 0.00000162. The number of amides is 1. The molecular weight excluding hydrogens is 248 g/mol. The molecule has 2 rings (SSSR count). The molecule has 2 atom stereocenters. The van der Waals surface area contributed by atoms with Crippen LogP contribution in [-0.2, 0) is 17.6 Å². The number of hydrogen-bond donors (Lipinski definition) is 2. The Kier molecular flexibility index (Phi) is 5.63. The molecule has 0 radical (unpaired) electrons. The molecule has 1 aliphatic carbocycles. The minimum Gasteiger partial charge on any atom is -0.353 e. The number of carbonyl (C=O) groups excluding carboxylic acids is 1. The molecule has 100 valence electrons. The number of carbonyl (C=O) groups is 1. The molecule has 18 heavy (non-hydrogen) atoms. The van der Waals surface area contributed by atoms with E-state index in [9.17, 15) is 4.79 Å². The van der Waals surface area contributed by atoms with E-state index in [2.05, 4.69) is 29.6 Å². The van der Waals surface area contributed by atoms with Crippen LogP contribution >= 0.6 is 12.4 Å². The van der Waals surface area contributed by atoms with E-state index in [0.29, 0.717) is 6.54 Å². The SMILES string of the molecule is CC(CN)C(=O)NC1CCc2ccccc2C1.Cl. The normalized spacial score (nSPS) is 19.3. The van der Waals surface area contributed by atoms with Crippen LogP contribution in [0.15, 0.2) is 24.3 Å². The third kappa shape index (κ3) is 3.47. The highest BCUT2D eigenvalue weighted by Gasteiger charge is 2.21. The van der Waals surface area contributed by atoms with Gasteiger partial charge in [0.25, 0.3) is 0 Å². The van der Waals surface area contributed by atoms with Gasteiger partial charge in [-0.25, -0.2) is 0 Å². The average Bonchev–Trinajstić information content (AvgIpc) is 2.37.